The Morgan fingerprint density at radius 2 is 2.12 bits per heavy atom. The second kappa shape index (κ2) is 4.90. The molecule has 1 rings (SSSR count). The molecule has 96 valence electrons. The normalized spacial score (nSPS) is 14.9. The molecule has 0 saturated heterocycles. The van der Waals surface area contributed by atoms with Crippen molar-refractivity contribution in [2.45, 2.75) is 53.0 Å². The van der Waals surface area contributed by atoms with Gasteiger partial charge in [-0.15, -0.1) is 0 Å². The number of rotatable bonds is 5. The van der Waals surface area contributed by atoms with E-state index >= 15 is 0 Å². The lowest BCUT2D eigenvalue weighted by Gasteiger charge is -2.27. The lowest BCUT2D eigenvalue weighted by atomic mass is 9.92. The van der Waals surface area contributed by atoms with E-state index in [1.807, 2.05) is 19.9 Å². The summed E-state index contributed by atoms with van der Waals surface area (Å²) in [4.78, 5) is 11.5. The summed E-state index contributed by atoms with van der Waals surface area (Å²) >= 11 is 0. The van der Waals surface area contributed by atoms with Crippen LogP contribution in [-0.2, 0) is 10.3 Å². The molecule has 0 amide bonds. The quantitative estimate of drug-likeness (QED) is 0.858. The zero-order valence-corrected chi connectivity index (χ0v) is 11.3. The van der Waals surface area contributed by atoms with Gasteiger partial charge in [0.15, 0.2) is 5.54 Å². The van der Waals surface area contributed by atoms with Crippen molar-refractivity contribution in [3.05, 3.63) is 17.5 Å². The van der Waals surface area contributed by atoms with Crippen molar-refractivity contribution >= 4 is 5.97 Å². The first-order valence-electron chi connectivity index (χ1n) is 6.04. The Morgan fingerprint density at radius 1 is 1.53 bits per heavy atom. The van der Waals surface area contributed by atoms with Gasteiger partial charge in [-0.25, -0.2) is 4.79 Å². The van der Waals surface area contributed by atoms with Crippen LogP contribution >= 0.6 is 0 Å². The van der Waals surface area contributed by atoms with Crippen LogP contribution in [0.4, 0.5) is 0 Å². The molecule has 0 fully saturated rings. The average Bonchev–Trinajstić information content (AvgIpc) is 2.54. The second-order valence-electron chi connectivity index (χ2n) is 5.35. The molecule has 1 heterocycles. The standard InChI is InChI=1S/C13H22N2O2/c1-9(2)6-7-13(5,12(16)17)15-11(4)8-10(3)14-15/h8-9H,6-7H2,1-5H3,(H,16,17). The predicted octanol–water partition coefficient (Wildman–Crippen LogP) is 2.74. The maximum atomic E-state index is 11.5. The van der Waals surface area contributed by atoms with Crippen LogP contribution in [-0.4, -0.2) is 20.9 Å². The molecule has 0 aliphatic carbocycles. The summed E-state index contributed by atoms with van der Waals surface area (Å²) in [5.74, 6) is -0.324. The summed E-state index contributed by atoms with van der Waals surface area (Å²) in [5, 5.41) is 13.8. The Morgan fingerprint density at radius 3 is 2.47 bits per heavy atom. The number of carboxylic acids is 1. The molecule has 0 spiro atoms. The monoisotopic (exact) mass is 238 g/mol. The van der Waals surface area contributed by atoms with E-state index < -0.39 is 11.5 Å². The van der Waals surface area contributed by atoms with E-state index in [1.165, 1.54) is 0 Å². The van der Waals surface area contributed by atoms with Crippen LogP contribution in [0.25, 0.3) is 0 Å². The molecule has 0 saturated carbocycles. The molecule has 1 aromatic rings. The van der Waals surface area contributed by atoms with E-state index in [2.05, 4.69) is 18.9 Å². The van der Waals surface area contributed by atoms with Crippen LogP contribution in [0.3, 0.4) is 0 Å². The van der Waals surface area contributed by atoms with Gasteiger partial charge in [0, 0.05) is 5.69 Å². The number of aryl methyl sites for hydroxylation is 2. The number of carbonyl (C=O) groups is 1. The molecule has 0 aliphatic heterocycles. The molecule has 1 atom stereocenters. The van der Waals surface area contributed by atoms with Crippen LogP contribution in [0.1, 0.15) is 45.0 Å². The fourth-order valence-electron chi connectivity index (χ4n) is 2.00. The summed E-state index contributed by atoms with van der Waals surface area (Å²) in [6.45, 7) is 9.73. The number of nitrogens with zero attached hydrogens (tertiary/aromatic N) is 2. The zero-order chi connectivity index (χ0) is 13.2. The molecule has 17 heavy (non-hydrogen) atoms. The first-order chi connectivity index (χ1) is 7.77. The highest BCUT2D eigenvalue weighted by Gasteiger charge is 2.36. The second-order valence-corrected chi connectivity index (χ2v) is 5.35. The van der Waals surface area contributed by atoms with E-state index in [4.69, 9.17) is 0 Å². The third-order valence-corrected chi connectivity index (χ3v) is 3.15. The Hall–Kier alpha value is -1.32. The first-order valence-corrected chi connectivity index (χ1v) is 6.04. The average molecular weight is 238 g/mol. The third-order valence-electron chi connectivity index (χ3n) is 3.15. The molecule has 1 unspecified atom stereocenters. The maximum absolute atomic E-state index is 11.5. The van der Waals surface area contributed by atoms with Crippen molar-refractivity contribution in [2.75, 3.05) is 0 Å². The Labute approximate surface area is 103 Å². The molecule has 0 radical (unpaired) electrons. The Bertz CT molecular complexity index is 410. The fourth-order valence-corrected chi connectivity index (χ4v) is 2.00. The number of aromatic nitrogens is 2. The minimum atomic E-state index is -0.942. The predicted molar refractivity (Wildman–Crippen MR) is 67.1 cm³/mol. The summed E-state index contributed by atoms with van der Waals surface area (Å²) < 4.78 is 1.65. The van der Waals surface area contributed by atoms with Gasteiger partial charge in [-0.05, 0) is 45.6 Å². The largest absolute Gasteiger partial charge is 0.479 e. The molecule has 1 aromatic heterocycles. The van der Waals surface area contributed by atoms with Gasteiger partial charge >= 0.3 is 5.97 Å². The zero-order valence-electron chi connectivity index (χ0n) is 11.3. The van der Waals surface area contributed by atoms with Crippen molar-refractivity contribution in [3.8, 4) is 0 Å². The van der Waals surface area contributed by atoms with Gasteiger partial charge in [0.2, 0.25) is 0 Å². The number of hydrogen-bond acceptors (Lipinski definition) is 2. The van der Waals surface area contributed by atoms with E-state index in [9.17, 15) is 9.90 Å². The third kappa shape index (κ3) is 2.87. The van der Waals surface area contributed by atoms with Gasteiger partial charge in [0.05, 0.1) is 5.69 Å². The SMILES string of the molecule is Cc1cc(C)n(C(C)(CCC(C)C)C(=O)O)n1. The van der Waals surface area contributed by atoms with Crippen molar-refractivity contribution in [2.24, 2.45) is 5.92 Å². The first kappa shape index (κ1) is 13.7. The summed E-state index contributed by atoms with van der Waals surface area (Å²) in [6.07, 6.45) is 1.48. The molecule has 4 nitrogen and oxygen atoms in total. The van der Waals surface area contributed by atoms with Gasteiger partial charge in [-0.3, -0.25) is 4.68 Å². The highest BCUT2D eigenvalue weighted by Crippen LogP contribution is 2.26. The summed E-state index contributed by atoms with van der Waals surface area (Å²) in [6, 6.07) is 1.91. The molecule has 0 aliphatic rings. The lowest BCUT2D eigenvalue weighted by molar-refractivity contribution is -0.147. The Kier molecular flexibility index (Phi) is 3.96. The van der Waals surface area contributed by atoms with Crippen molar-refractivity contribution in [1.82, 2.24) is 9.78 Å². The molecule has 4 heteroatoms. The van der Waals surface area contributed by atoms with Gasteiger partial charge in [-0.2, -0.15) is 5.10 Å². The van der Waals surface area contributed by atoms with Crippen molar-refractivity contribution in [3.63, 3.8) is 0 Å². The van der Waals surface area contributed by atoms with E-state index in [-0.39, 0.29) is 0 Å². The minimum Gasteiger partial charge on any atom is -0.479 e. The number of hydrogen-bond donors (Lipinski definition) is 1. The topological polar surface area (TPSA) is 55.1 Å². The van der Waals surface area contributed by atoms with Gasteiger partial charge < -0.3 is 5.11 Å². The fraction of sp³-hybridized carbons (Fsp3) is 0.692. The van der Waals surface area contributed by atoms with Crippen LogP contribution in [0.5, 0.6) is 0 Å². The van der Waals surface area contributed by atoms with Crippen LogP contribution in [0.2, 0.25) is 0 Å². The highest BCUT2D eigenvalue weighted by molar-refractivity contribution is 5.76. The number of carboxylic acid groups (broad SMARTS) is 1. The molecule has 0 bridgehead atoms. The van der Waals surface area contributed by atoms with Gasteiger partial charge in [-0.1, -0.05) is 13.8 Å². The maximum Gasteiger partial charge on any atom is 0.331 e. The molecular formula is C13H22N2O2. The smallest absolute Gasteiger partial charge is 0.331 e. The van der Waals surface area contributed by atoms with Crippen molar-refractivity contribution < 1.29 is 9.90 Å². The van der Waals surface area contributed by atoms with Crippen LogP contribution < -0.4 is 0 Å². The van der Waals surface area contributed by atoms with E-state index in [1.54, 1.807) is 11.6 Å². The van der Waals surface area contributed by atoms with E-state index in [0.29, 0.717) is 12.3 Å². The van der Waals surface area contributed by atoms with E-state index in [0.717, 1.165) is 17.8 Å². The lowest BCUT2D eigenvalue weighted by Crippen LogP contribution is -2.40. The highest BCUT2D eigenvalue weighted by atomic mass is 16.4. The molecular weight excluding hydrogens is 216 g/mol. The van der Waals surface area contributed by atoms with Crippen LogP contribution in [0.15, 0.2) is 6.07 Å². The van der Waals surface area contributed by atoms with Gasteiger partial charge in [0.1, 0.15) is 0 Å². The summed E-state index contributed by atoms with van der Waals surface area (Å²) in [5.41, 5.74) is 0.818. The van der Waals surface area contributed by atoms with Crippen LogP contribution in [0, 0.1) is 19.8 Å². The Balaban J connectivity index is 3.07. The van der Waals surface area contributed by atoms with Gasteiger partial charge in [0.25, 0.3) is 0 Å². The molecule has 0 aromatic carbocycles. The summed E-state index contributed by atoms with van der Waals surface area (Å²) in [7, 11) is 0. The molecule has 1 N–H and O–H groups in total. The minimum absolute atomic E-state index is 0.491. The number of aliphatic carboxylic acids is 1. The van der Waals surface area contributed by atoms with Crippen molar-refractivity contribution in [1.29, 1.82) is 0 Å².